The molecule has 5 nitrogen and oxygen atoms in total. The Kier molecular flexibility index (Phi) is 5.29. The fourth-order valence-corrected chi connectivity index (χ4v) is 3.61. The molecule has 3 rings (SSSR count). The third kappa shape index (κ3) is 3.83. The summed E-state index contributed by atoms with van der Waals surface area (Å²) in [5.74, 6) is 0.362. The van der Waals surface area contributed by atoms with Gasteiger partial charge >= 0.3 is 6.09 Å². The summed E-state index contributed by atoms with van der Waals surface area (Å²) in [5, 5.41) is 3.87. The molecule has 1 aromatic carbocycles. The van der Waals surface area contributed by atoms with Crippen LogP contribution in [-0.4, -0.2) is 42.6 Å². The standard InChI is InChI=1S/C18H23ClN2O3/c1-2-24-18(23)21-9-7-12(8-10-21)20-17(22)15-11-14(15)13-5-3-4-6-16(13)19/h3-6,12,14-15H,2,7-11H2,1H3,(H,20,22). The summed E-state index contributed by atoms with van der Waals surface area (Å²) in [6.45, 7) is 3.45. The number of nitrogens with one attached hydrogen (secondary N) is 1. The lowest BCUT2D eigenvalue weighted by Crippen LogP contribution is -2.47. The maximum absolute atomic E-state index is 12.4. The first kappa shape index (κ1) is 17.1. The predicted octanol–water partition coefficient (Wildman–Crippen LogP) is 3.18. The van der Waals surface area contributed by atoms with Crippen molar-refractivity contribution in [2.75, 3.05) is 19.7 Å². The second kappa shape index (κ2) is 7.43. The maximum Gasteiger partial charge on any atom is 0.409 e. The number of hydrogen-bond donors (Lipinski definition) is 1. The number of piperidine rings is 1. The Balaban J connectivity index is 1.46. The first-order valence-corrected chi connectivity index (χ1v) is 8.94. The molecule has 2 fully saturated rings. The second-order valence-electron chi connectivity index (χ2n) is 6.44. The van der Waals surface area contributed by atoms with Gasteiger partial charge in [-0.2, -0.15) is 0 Å². The fourth-order valence-electron chi connectivity index (χ4n) is 3.33. The monoisotopic (exact) mass is 350 g/mol. The number of rotatable bonds is 4. The molecule has 1 aliphatic heterocycles. The molecule has 24 heavy (non-hydrogen) atoms. The highest BCUT2D eigenvalue weighted by atomic mass is 35.5. The molecular formula is C18H23ClN2O3. The molecule has 1 heterocycles. The number of amides is 2. The van der Waals surface area contributed by atoms with Gasteiger partial charge in [0.15, 0.2) is 0 Å². The number of nitrogens with zero attached hydrogens (tertiary/aromatic N) is 1. The van der Waals surface area contributed by atoms with Gasteiger partial charge in [0.05, 0.1) is 6.61 Å². The molecule has 0 spiro atoms. The summed E-state index contributed by atoms with van der Waals surface area (Å²) in [4.78, 5) is 25.8. The van der Waals surface area contributed by atoms with Crippen molar-refractivity contribution in [3.05, 3.63) is 34.9 Å². The van der Waals surface area contributed by atoms with E-state index in [4.69, 9.17) is 16.3 Å². The van der Waals surface area contributed by atoms with Crippen LogP contribution in [-0.2, 0) is 9.53 Å². The lowest BCUT2D eigenvalue weighted by Gasteiger charge is -2.31. The lowest BCUT2D eigenvalue weighted by atomic mass is 10.0. The minimum absolute atomic E-state index is 0.0213. The minimum atomic E-state index is -0.261. The molecule has 2 unspecified atom stereocenters. The second-order valence-corrected chi connectivity index (χ2v) is 6.85. The molecule has 1 aliphatic carbocycles. The van der Waals surface area contributed by atoms with Crippen molar-refractivity contribution in [1.82, 2.24) is 10.2 Å². The Hall–Kier alpha value is -1.75. The van der Waals surface area contributed by atoms with Gasteiger partial charge in [-0.25, -0.2) is 4.79 Å². The molecule has 0 bridgehead atoms. The number of carbonyl (C=O) groups is 2. The van der Waals surface area contributed by atoms with Crippen molar-refractivity contribution in [1.29, 1.82) is 0 Å². The van der Waals surface area contributed by atoms with Crippen LogP contribution in [0.3, 0.4) is 0 Å². The average Bonchev–Trinajstić information content (AvgIpc) is 3.37. The van der Waals surface area contributed by atoms with E-state index in [0.29, 0.717) is 19.7 Å². The van der Waals surface area contributed by atoms with E-state index >= 15 is 0 Å². The summed E-state index contributed by atoms with van der Waals surface area (Å²) >= 11 is 6.21. The fraction of sp³-hybridized carbons (Fsp3) is 0.556. The SMILES string of the molecule is CCOC(=O)N1CCC(NC(=O)C2CC2c2ccccc2Cl)CC1. The molecule has 0 radical (unpaired) electrons. The van der Waals surface area contributed by atoms with Gasteiger partial charge in [-0.05, 0) is 43.7 Å². The molecule has 0 aromatic heterocycles. The van der Waals surface area contributed by atoms with Crippen LogP contribution in [0.5, 0.6) is 0 Å². The van der Waals surface area contributed by atoms with Gasteiger partial charge in [0.1, 0.15) is 0 Å². The van der Waals surface area contributed by atoms with Crippen molar-refractivity contribution >= 4 is 23.6 Å². The van der Waals surface area contributed by atoms with Gasteiger partial charge in [0, 0.05) is 30.1 Å². The van der Waals surface area contributed by atoms with E-state index in [1.807, 2.05) is 24.3 Å². The van der Waals surface area contributed by atoms with E-state index in [1.54, 1.807) is 11.8 Å². The predicted molar refractivity (Wildman–Crippen MR) is 92.1 cm³/mol. The smallest absolute Gasteiger partial charge is 0.409 e. The normalized spacial score (nSPS) is 23.7. The average molecular weight is 351 g/mol. The summed E-state index contributed by atoms with van der Waals surface area (Å²) in [5.41, 5.74) is 1.07. The van der Waals surface area contributed by atoms with E-state index in [2.05, 4.69) is 5.32 Å². The van der Waals surface area contributed by atoms with Gasteiger partial charge in [-0.15, -0.1) is 0 Å². The van der Waals surface area contributed by atoms with Crippen molar-refractivity contribution in [3.8, 4) is 0 Å². The zero-order valence-corrected chi connectivity index (χ0v) is 14.6. The van der Waals surface area contributed by atoms with Crippen molar-refractivity contribution in [2.45, 2.75) is 38.1 Å². The van der Waals surface area contributed by atoms with Crippen LogP contribution in [0.15, 0.2) is 24.3 Å². The highest BCUT2D eigenvalue weighted by molar-refractivity contribution is 6.31. The van der Waals surface area contributed by atoms with Crippen molar-refractivity contribution < 1.29 is 14.3 Å². The van der Waals surface area contributed by atoms with Crippen LogP contribution in [0, 0.1) is 5.92 Å². The third-order valence-corrected chi connectivity index (χ3v) is 5.14. The van der Waals surface area contributed by atoms with Gasteiger partial charge in [-0.1, -0.05) is 29.8 Å². The molecule has 2 atom stereocenters. The van der Waals surface area contributed by atoms with Gasteiger partial charge in [0.2, 0.25) is 5.91 Å². The highest BCUT2D eigenvalue weighted by Crippen LogP contribution is 2.49. The topological polar surface area (TPSA) is 58.6 Å². The third-order valence-electron chi connectivity index (χ3n) is 4.80. The molecule has 1 saturated carbocycles. The maximum atomic E-state index is 12.4. The van der Waals surface area contributed by atoms with E-state index in [1.165, 1.54) is 0 Å². The Labute approximate surface area is 147 Å². The summed E-state index contributed by atoms with van der Waals surface area (Å²) < 4.78 is 5.01. The van der Waals surface area contributed by atoms with E-state index in [9.17, 15) is 9.59 Å². The molecule has 2 amide bonds. The molecule has 6 heteroatoms. The van der Waals surface area contributed by atoms with E-state index in [0.717, 1.165) is 29.8 Å². The summed E-state index contributed by atoms with van der Waals surface area (Å²) in [6.07, 6.45) is 2.14. The van der Waals surface area contributed by atoms with Crippen LogP contribution in [0.2, 0.25) is 5.02 Å². The van der Waals surface area contributed by atoms with Crippen LogP contribution >= 0.6 is 11.6 Å². The molecular weight excluding hydrogens is 328 g/mol. The Morgan fingerprint density at radius 3 is 2.67 bits per heavy atom. The van der Waals surface area contributed by atoms with Crippen molar-refractivity contribution in [2.24, 2.45) is 5.92 Å². The number of likely N-dealkylation sites (tertiary alicyclic amines) is 1. The lowest BCUT2D eigenvalue weighted by molar-refractivity contribution is -0.123. The van der Waals surface area contributed by atoms with Crippen LogP contribution in [0.25, 0.3) is 0 Å². The van der Waals surface area contributed by atoms with Crippen LogP contribution in [0.1, 0.15) is 37.7 Å². The largest absolute Gasteiger partial charge is 0.450 e. The summed E-state index contributed by atoms with van der Waals surface area (Å²) in [7, 11) is 0. The Morgan fingerprint density at radius 1 is 1.29 bits per heavy atom. The zero-order valence-electron chi connectivity index (χ0n) is 13.8. The highest BCUT2D eigenvalue weighted by Gasteiger charge is 2.45. The number of benzene rings is 1. The quantitative estimate of drug-likeness (QED) is 0.907. The molecule has 2 aliphatic rings. The van der Waals surface area contributed by atoms with Gasteiger partial charge in [0.25, 0.3) is 0 Å². The zero-order chi connectivity index (χ0) is 17.1. The molecule has 1 N–H and O–H groups in total. The van der Waals surface area contributed by atoms with Gasteiger partial charge in [-0.3, -0.25) is 4.79 Å². The van der Waals surface area contributed by atoms with Crippen LogP contribution in [0.4, 0.5) is 4.79 Å². The van der Waals surface area contributed by atoms with Gasteiger partial charge < -0.3 is 15.0 Å². The first-order valence-electron chi connectivity index (χ1n) is 8.56. The number of halogens is 1. The minimum Gasteiger partial charge on any atom is -0.450 e. The molecule has 1 aromatic rings. The number of carbonyl (C=O) groups excluding carboxylic acids is 2. The molecule has 1 saturated heterocycles. The Bertz CT molecular complexity index is 614. The van der Waals surface area contributed by atoms with E-state index < -0.39 is 0 Å². The first-order chi connectivity index (χ1) is 11.6. The number of hydrogen-bond acceptors (Lipinski definition) is 3. The number of ether oxygens (including phenoxy) is 1. The van der Waals surface area contributed by atoms with Crippen molar-refractivity contribution in [3.63, 3.8) is 0 Å². The summed E-state index contributed by atoms with van der Waals surface area (Å²) in [6, 6.07) is 7.86. The Morgan fingerprint density at radius 2 is 2.00 bits per heavy atom. The molecule has 130 valence electrons. The van der Waals surface area contributed by atoms with E-state index in [-0.39, 0.29) is 29.9 Å². The van der Waals surface area contributed by atoms with Crippen LogP contribution < -0.4 is 5.32 Å².